The van der Waals surface area contributed by atoms with Gasteiger partial charge in [-0.1, -0.05) is 36.8 Å². The standard InChI is InChI=1S/C15H18S/c1-2-8-14(9-3-1)16-15-10-4-6-13(12-15)7-5-11-15/h1-4,6,8-9,13H,5,7,10-12H2/t13-,15-/m0/s1. The van der Waals surface area contributed by atoms with Crippen molar-refractivity contribution in [1.82, 2.24) is 0 Å². The second-order valence-electron chi connectivity index (χ2n) is 5.09. The third-order valence-corrected chi connectivity index (χ3v) is 5.30. The van der Waals surface area contributed by atoms with E-state index in [4.69, 9.17) is 0 Å². The van der Waals surface area contributed by atoms with Gasteiger partial charge in [0.05, 0.1) is 0 Å². The van der Waals surface area contributed by atoms with E-state index in [1.54, 1.807) is 0 Å². The van der Waals surface area contributed by atoms with Gasteiger partial charge in [0.15, 0.2) is 0 Å². The maximum absolute atomic E-state index is 2.45. The molecule has 0 N–H and O–H groups in total. The van der Waals surface area contributed by atoms with Crippen molar-refractivity contribution in [3.8, 4) is 0 Å². The summed E-state index contributed by atoms with van der Waals surface area (Å²) in [6.45, 7) is 0. The summed E-state index contributed by atoms with van der Waals surface area (Å²) in [5.41, 5.74) is 0. The van der Waals surface area contributed by atoms with Gasteiger partial charge in [0.2, 0.25) is 0 Å². The molecule has 1 saturated carbocycles. The van der Waals surface area contributed by atoms with Gasteiger partial charge in [-0.25, -0.2) is 0 Å². The number of hydrogen-bond donors (Lipinski definition) is 0. The highest BCUT2D eigenvalue weighted by Crippen LogP contribution is 2.50. The molecule has 2 atom stereocenters. The molecule has 0 unspecified atom stereocenters. The Bertz CT molecular complexity index is 382. The van der Waals surface area contributed by atoms with Gasteiger partial charge in [0.25, 0.3) is 0 Å². The van der Waals surface area contributed by atoms with E-state index in [9.17, 15) is 0 Å². The molecule has 1 aromatic rings. The van der Waals surface area contributed by atoms with Crippen LogP contribution in [0.2, 0.25) is 0 Å². The Balaban J connectivity index is 1.81. The lowest BCUT2D eigenvalue weighted by Crippen LogP contribution is -2.33. The Morgan fingerprint density at radius 3 is 2.94 bits per heavy atom. The minimum absolute atomic E-state index is 0.513. The van der Waals surface area contributed by atoms with Gasteiger partial charge in [-0.15, -0.1) is 11.8 Å². The predicted molar refractivity (Wildman–Crippen MR) is 70.7 cm³/mol. The van der Waals surface area contributed by atoms with Crippen LogP contribution in [0.1, 0.15) is 32.1 Å². The maximum atomic E-state index is 2.45. The van der Waals surface area contributed by atoms with Gasteiger partial charge in [-0.2, -0.15) is 0 Å². The first-order valence-corrected chi connectivity index (χ1v) is 7.09. The quantitative estimate of drug-likeness (QED) is 0.665. The fraction of sp³-hybridized carbons (Fsp3) is 0.467. The van der Waals surface area contributed by atoms with E-state index in [-0.39, 0.29) is 0 Å². The summed E-state index contributed by atoms with van der Waals surface area (Å²) in [5.74, 6) is 0.860. The van der Waals surface area contributed by atoms with Crippen LogP contribution in [0.5, 0.6) is 0 Å². The first-order chi connectivity index (χ1) is 7.86. The molecule has 0 aliphatic heterocycles. The molecular weight excluding hydrogens is 212 g/mol. The third kappa shape index (κ3) is 2.06. The van der Waals surface area contributed by atoms with E-state index in [2.05, 4.69) is 54.2 Å². The van der Waals surface area contributed by atoms with Gasteiger partial charge in [0, 0.05) is 9.64 Å². The summed E-state index contributed by atoms with van der Waals surface area (Å²) in [6.07, 6.45) is 11.7. The van der Waals surface area contributed by atoms with Crippen molar-refractivity contribution < 1.29 is 0 Å². The van der Waals surface area contributed by atoms with E-state index in [1.807, 2.05) is 0 Å². The molecular formula is C15H18S. The number of hydrogen-bond acceptors (Lipinski definition) is 1. The zero-order valence-electron chi connectivity index (χ0n) is 9.56. The molecule has 0 nitrogen and oxygen atoms in total. The molecule has 1 aromatic carbocycles. The minimum atomic E-state index is 0.513. The molecule has 1 fully saturated rings. The normalized spacial score (nSPS) is 32.6. The molecule has 2 aliphatic carbocycles. The van der Waals surface area contributed by atoms with Crippen LogP contribution in [0.3, 0.4) is 0 Å². The van der Waals surface area contributed by atoms with Crippen molar-refractivity contribution >= 4 is 11.8 Å². The number of fused-ring (bicyclic) bond motifs is 2. The number of benzene rings is 1. The third-order valence-electron chi connectivity index (χ3n) is 3.82. The van der Waals surface area contributed by atoms with Crippen molar-refractivity contribution in [2.75, 3.05) is 0 Å². The van der Waals surface area contributed by atoms with Crippen LogP contribution in [0.25, 0.3) is 0 Å². The number of allylic oxidation sites excluding steroid dienone is 2. The molecule has 2 aliphatic rings. The second kappa shape index (κ2) is 4.29. The lowest BCUT2D eigenvalue weighted by atomic mass is 9.75. The molecule has 2 bridgehead atoms. The Morgan fingerprint density at radius 2 is 2.06 bits per heavy atom. The highest BCUT2D eigenvalue weighted by molar-refractivity contribution is 8.00. The molecule has 0 heterocycles. The average Bonchev–Trinajstić information content (AvgIpc) is 2.30. The summed E-state index contributed by atoms with van der Waals surface area (Å²) in [6, 6.07) is 10.9. The van der Waals surface area contributed by atoms with Crippen LogP contribution in [0, 0.1) is 5.92 Å². The van der Waals surface area contributed by atoms with Crippen molar-refractivity contribution in [2.45, 2.75) is 41.7 Å². The fourth-order valence-corrected chi connectivity index (χ4v) is 4.58. The van der Waals surface area contributed by atoms with Crippen molar-refractivity contribution in [1.29, 1.82) is 0 Å². The van der Waals surface area contributed by atoms with E-state index < -0.39 is 0 Å². The van der Waals surface area contributed by atoms with E-state index in [0.717, 1.165) is 5.92 Å². The van der Waals surface area contributed by atoms with Crippen LogP contribution >= 0.6 is 11.8 Å². The van der Waals surface area contributed by atoms with Gasteiger partial charge in [0.1, 0.15) is 0 Å². The minimum Gasteiger partial charge on any atom is -0.119 e. The molecule has 0 radical (unpaired) electrons. The molecule has 0 aromatic heterocycles. The summed E-state index contributed by atoms with van der Waals surface area (Å²) in [5, 5.41) is 0. The maximum Gasteiger partial charge on any atom is 0.0247 e. The summed E-state index contributed by atoms with van der Waals surface area (Å²) >= 11 is 2.12. The molecule has 84 valence electrons. The lowest BCUT2D eigenvalue weighted by Gasteiger charge is -2.42. The lowest BCUT2D eigenvalue weighted by molar-refractivity contribution is 0.324. The van der Waals surface area contributed by atoms with Crippen molar-refractivity contribution in [3.05, 3.63) is 42.5 Å². The van der Waals surface area contributed by atoms with Crippen LogP contribution < -0.4 is 0 Å². The van der Waals surface area contributed by atoms with Gasteiger partial charge in [-0.3, -0.25) is 0 Å². The first kappa shape index (κ1) is 10.5. The SMILES string of the molecule is C1=C[C@H]2CCC[C@@](Sc3ccccc3)(C1)C2. The van der Waals surface area contributed by atoms with Crippen LogP contribution in [-0.4, -0.2) is 4.75 Å². The van der Waals surface area contributed by atoms with Gasteiger partial charge < -0.3 is 0 Å². The molecule has 1 heteroatoms. The zero-order chi connectivity index (χ0) is 10.8. The molecule has 0 saturated heterocycles. The highest BCUT2D eigenvalue weighted by Gasteiger charge is 2.37. The summed E-state index contributed by atoms with van der Waals surface area (Å²) < 4.78 is 0.513. The van der Waals surface area contributed by atoms with Crippen LogP contribution in [0.15, 0.2) is 47.4 Å². The van der Waals surface area contributed by atoms with Crippen LogP contribution in [-0.2, 0) is 0 Å². The topological polar surface area (TPSA) is 0 Å². The Hall–Kier alpha value is -0.690. The summed E-state index contributed by atoms with van der Waals surface area (Å²) in [4.78, 5) is 1.44. The molecule has 16 heavy (non-hydrogen) atoms. The first-order valence-electron chi connectivity index (χ1n) is 6.27. The zero-order valence-corrected chi connectivity index (χ0v) is 10.4. The Labute approximate surface area is 102 Å². The van der Waals surface area contributed by atoms with Gasteiger partial charge >= 0.3 is 0 Å². The second-order valence-corrected chi connectivity index (χ2v) is 6.63. The van der Waals surface area contributed by atoms with Gasteiger partial charge in [-0.05, 0) is 43.7 Å². The predicted octanol–water partition coefficient (Wildman–Crippen LogP) is 4.67. The van der Waals surface area contributed by atoms with E-state index in [1.165, 1.54) is 37.0 Å². The van der Waals surface area contributed by atoms with Crippen molar-refractivity contribution in [3.63, 3.8) is 0 Å². The average molecular weight is 230 g/mol. The molecule has 3 rings (SSSR count). The van der Waals surface area contributed by atoms with Crippen LogP contribution in [0.4, 0.5) is 0 Å². The van der Waals surface area contributed by atoms with E-state index in [0.29, 0.717) is 4.75 Å². The molecule has 0 amide bonds. The smallest absolute Gasteiger partial charge is 0.0247 e. The summed E-state index contributed by atoms with van der Waals surface area (Å²) in [7, 11) is 0. The fourth-order valence-electron chi connectivity index (χ4n) is 3.07. The monoisotopic (exact) mass is 230 g/mol. The van der Waals surface area contributed by atoms with Crippen molar-refractivity contribution in [2.24, 2.45) is 5.92 Å². The number of rotatable bonds is 2. The largest absolute Gasteiger partial charge is 0.119 e. The van der Waals surface area contributed by atoms with E-state index >= 15 is 0 Å². The Kier molecular flexibility index (Phi) is 2.81. The molecule has 0 spiro atoms. The Morgan fingerprint density at radius 1 is 1.19 bits per heavy atom. The number of thioether (sulfide) groups is 1. The highest BCUT2D eigenvalue weighted by atomic mass is 32.2.